The molecule has 22 heavy (non-hydrogen) atoms. The summed E-state index contributed by atoms with van der Waals surface area (Å²) in [5.74, 6) is 1.42. The van der Waals surface area contributed by atoms with E-state index < -0.39 is 0 Å². The van der Waals surface area contributed by atoms with Gasteiger partial charge in [-0.25, -0.2) is 4.98 Å². The Kier molecular flexibility index (Phi) is 5.10. The minimum Gasteiger partial charge on any atom is -0.439 e. The molecule has 0 saturated carbocycles. The standard InChI is InChI=1S/C16H20ClN3O2/c17-14-4-2-1-3-13(14)15-11-18-16(22-15)12-20-7-5-19(6-8-20)9-10-21/h1-4,11,21H,5-10,12H2. The molecule has 1 fully saturated rings. The van der Waals surface area contributed by atoms with E-state index in [9.17, 15) is 0 Å². The maximum absolute atomic E-state index is 8.96. The van der Waals surface area contributed by atoms with Gasteiger partial charge in [-0.15, -0.1) is 0 Å². The van der Waals surface area contributed by atoms with Crippen LogP contribution >= 0.6 is 11.6 Å². The first-order chi connectivity index (χ1) is 10.8. The topological polar surface area (TPSA) is 52.7 Å². The number of aliphatic hydroxyl groups is 1. The Hall–Kier alpha value is -1.40. The molecule has 0 spiro atoms. The van der Waals surface area contributed by atoms with Crippen molar-refractivity contribution < 1.29 is 9.52 Å². The molecule has 1 aromatic heterocycles. The van der Waals surface area contributed by atoms with E-state index in [4.69, 9.17) is 21.1 Å². The van der Waals surface area contributed by atoms with Crippen molar-refractivity contribution in [2.75, 3.05) is 39.3 Å². The van der Waals surface area contributed by atoms with Crippen molar-refractivity contribution in [2.45, 2.75) is 6.54 Å². The summed E-state index contributed by atoms with van der Waals surface area (Å²) in [4.78, 5) is 8.94. The van der Waals surface area contributed by atoms with Gasteiger partial charge in [-0.05, 0) is 12.1 Å². The summed E-state index contributed by atoms with van der Waals surface area (Å²) < 4.78 is 5.84. The number of hydrogen-bond donors (Lipinski definition) is 1. The number of oxazole rings is 1. The molecule has 0 aliphatic carbocycles. The van der Waals surface area contributed by atoms with Gasteiger partial charge in [0.05, 0.1) is 24.4 Å². The molecule has 6 heteroatoms. The van der Waals surface area contributed by atoms with Gasteiger partial charge in [0.1, 0.15) is 0 Å². The molecule has 1 aliphatic rings. The van der Waals surface area contributed by atoms with Crippen LogP contribution in [0.15, 0.2) is 34.9 Å². The van der Waals surface area contributed by atoms with Crippen molar-refractivity contribution in [1.82, 2.24) is 14.8 Å². The van der Waals surface area contributed by atoms with Crippen molar-refractivity contribution in [3.8, 4) is 11.3 Å². The van der Waals surface area contributed by atoms with Crippen LogP contribution in [0, 0.1) is 0 Å². The first-order valence-corrected chi connectivity index (χ1v) is 7.89. The molecule has 1 aliphatic heterocycles. The van der Waals surface area contributed by atoms with Crippen LogP contribution in [0.5, 0.6) is 0 Å². The lowest BCUT2D eigenvalue weighted by Gasteiger charge is -2.33. The molecular formula is C16H20ClN3O2. The van der Waals surface area contributed by atoms with E-state index in [1.807, 2.05) is 24.3 Å². The normalized spacial score (nSPS) is 17.0. The molecule has 5 nitrogen and oxygen atoms in total. The molecule has 2 heterocycles. The van der Waals surface area contributed by atoms with Crippen molar-refractivity contribution in [3.05, 3.63) is 41.4 Å². The number of nitrogens with zero attached hydrogens (tertiary/aromatic N) is 3. The predicted octanol–water partition coefficient (Wildman–Crippen LogP) is 2.10. The molecule has 0 amide bonds. The van der Waals surface area contributed by atoms with Crippen molar-refractivity contribution in [1.29, 1.82) is 0 Å². The fraction of sp³-hybridized carbons (Fsp3) is 0.438. The van der Waals surface area contributed by atoms with E-state index >= 15 is 0 Å². The fourth-order valence-electron chi connectivity index (χ4n) is 2.67. The molecule has 0 bridgehead atoms. The zero-order chi connectivity index (χ0) is 15.4. The summed E-state index contributed by atoms with van der Waals surface area (Å²) in [5, 5.41) is 9.63. The van der Waals surface area contributed by atoms with Gasteiger partial charge in [0.15, 0.2) is 5.76 Å². The summed E-state index contributed by atoms with van der Waals surface area (Å²) in [6.07, 6.45) is 1.73. The molecule has 3 rings (SSSR count). The molecular weight excluding hydrogens is 302 g/mol. The Balaban J connectivity index is 1.60. The second kappa shape index (κ2) is 7.24. The first-order valence-electron chi connectivity index (χ1n) is 7.51. The summed E-state index contributed by atoms with van der Waals surface area (Å²) in [6, 6.07) is 7.61. The smallest absolute Gasteiger partial charge is 0.209 e. The Labute approximate surface area is 135 Å². The number of β-amino-alcohol motifs (C(OH)–C–C–N with tert-alkyl or cyclic N) is 1. The molecule has 118 valence electrons. The van der Waals surface area contributed by atoms with E-state index in [2.05, 4.69) is 14.8 Å². The maximum Gasteiger partial charge on any atom is 0.209 e. The second-order valence-electron chi connectivity index (χ2n) is 5.44. The maximum atomic E-state index is 8.96. The van der Waals surface area contributed by atoms with E-state index in [-0.39, 0.29) is 6.61 Å². The monoisotopic (exact) mass is 321 g/mol. The van der Waals surface area contributed by atoms with Gasteiger partial charge in [0.25, 0.3) is 0 Å². The lowest BCUT2D eigenvalue weighted by Crippen LogP contribution is -2.46. The highest BCUT2D eigenvalue weighted by Crippen LogP contribution is 2.28. The molecule has 1 saturated heterocycles. The van der Waals surface area contributed by atoms with Crippen molar-refractivity contribution >= 4 is 11.6 Å². The number of hydrogen-bond acceptors (Lipinski definition) is 5. The third-order valence-electron chi connectivity index (χ3n) is 3.93. The highest BCUT2D eigenvalue weighted by atomic mass is 35.5. The molecule has 0 radical (unpaired) electrons. The molecule has 1 N–H and O–H groups in total. The summed E-state index contributed by atoms with van der Waals surface area (Å²) in [7, 11) is 0. The third-order valence-corrected chi connectivity index (χ3v) is 4.26. The Bertz CT molecular complexity index is 609. The summed E-state index contributed by atoms with van der Waals surface area (Å²) in [5.41, 5.74) is 0.871. The van der Waals surface area contributed by atoms with Crippen LogP contribution in [0.1, 0.15) is 5.89 Å². The third kappa shape index (κ3) is 3.67. The van der Waals surface area contributed by atoms with Crippen molar-refractivity contribution in [3.63, 3.8) is 0 Å². The molecule has 2 aromatic rings. The highest BCUT2D eigenvalue weighted by Gasteiger charge is 2.18. The minimum atomic E-state index is 0.223. The summed E-state index contributed by atoms with van der Waals surface area (Å²) in [6.45, 7) is 5.55. The summed E-state index contributed by atoms with van der Waals surface area (Å²) >= 11 is 6.18. The highest BCUT2D eigenvalue weighted by molar-refractivity contribution is 6.33. The number of aromatic nitrogens is 1. The van der Waals surface area contributed by atoms with E-state index in [1.165, 1.54) is 0 Å². The van der Waals surface area contributed by atoms with Crippen LogP contribution in [-0.4, -0.2) is 59.2 Å². The average molecular weight is 322 g/mol. The van der Waals surface area contributed by atoms with Crippen LogP contribution in [0.3, 0.4) is 0 Å². The minimum absolute atomic E-state index is 0.223. The Morgan fingerprint density at radius 3 is 2.59 bits per heavy atom. The van der Waals surface area contributed by atoms with Gasteiger partial charge < -0.3 is 9.52 Å². The first kappa shape index (κ1) is 15.5. The number of benzene rings is 1. The van der Waals surface area contributed by atoms with Crippen LogP contribution in [0.4, 0.5) is 0 Å². The van der Waals surface area contributed by atoms with Gasteiger partial charge in [-0.1, -0.05) is 23.7 Å². The average Bonchev–Trinajstić information content (AvgIpc) is 2.98. The lowest BCUT2D eigenvalue weighted by molar-refractivity contribution is 0.103. The van der Waals surface area contributed by atoms with Crippen LogP contribution in [0.2, 0.25) is 5.02 Å². The Morgan fingerprint density at radius 1 is 1.14 bits per heavy atom. The number of piperazine rings is 1. The molecule has 0 unspecified atom stereocenters. The number of rotatable bonds is 5. The van der Waals surface area contributed by atoms with E-state index in [0.29, 0.717) is 23.2 Å². The van der Waals surface area contributed by atoms with Gasteiger partial charge >= 0.3 is 0 Å². The quantitative estimate of drug-likeness (QED) is 0.914. The van der Waals surface area contributed by atoms with Crippen LogP contribution in [0.25, 0.3) is 11.3 Å². The lowest BCUT2D eigenvalue weighted by atomic mass is 10.2. The number of halogens is 1. The van der Waals surface area contributed by atoms with E-state index in [1.54, 1.807) is 6.20 Å². The zero-order valence-electron chi connectivity index (χ0n) is 12.4. The van der Waals surface area contributed by atoms with Crippen molar-refractivity contribution in [2.24, 2.45) is 0 Å². The van der Waals surface area contributed by atoms with Crippen LogP contribution < -0.4 is 0 Å². The second-order valence-corrected chi connectivity index (χ2v) is 5.85. The predicted molar refractivity (Wildman–Crippen MR) is 85.8 cm³/mol. The van der Waals surface area contributed by atoms with Gasteiger partial charge in [-0.2, -0.15) is 0 Å². The fourth-order valence-corrected chi connectivity index (χ4v) is 2.90. The molecule has 0 atom stereocenters. The van der Waals surface area contributed by atoms with Gasteiger partial charge in [0, 0.05) is 38.3 Å². The SMILES string of the molecule is OCCN1CCN(Cc2ncc(-c3ccccc3Cl)o2)CC1. The van der Waals surface area contributed by atoms with Gasteiger partial charge in [-0.3, -0.25) is 9.80 Å². The number of aliphatic hydroxyl groups excluding tert-OH is 1. The Morgan fingerprint density at radius 2 is 1.86 bits per heavy atom. The van der Waals surface area contributed by atoms with Crippen LogP contribution in [-0.2, 0) is 6.54 Å². The molecule has 1 aromatic carbocycles. The van der Waals surface area contributed by atoms with E-state index in [0.717, 1.165) is 38.3 Å². The van der Waals surface area contributed by atoms with Gasteiger partial charge in [0.2, 0.25) is 5.89 Å². The zero-order valence-corrected chi connectivity index (χ0v) is 13.2. The largest absolute Gasteiger partial charge is 0.439 e.